The summed E-state index contributed by atoms with van der Waals surface area (Å²) in [6.45, 7) is 1.74. The van der Waals surface area contributed by atoms with E-state index in [9.17, 15) is 9.59 Å². The number of hydrogen-bond donors (Lipinski definition) is 1. The van der Waals surface area contributed by atoms with Crippen molar-refractivity contribution >= 4 is 29.6 Å². The number of furan rings is 1. The van der Waals surface area contributed by atoms with E-state index in [1.54, 1.807) is 42.5 Å². The number of ether oxygens (including phenoxy) is 1. The highest BCUT2D eigenvalue weighted by molar-refractivity contribution is 6.30. The van der Waals surface area contributed by atoms with Crippen molar-refractivity contribution in [1.29, 1.82) is 0 Å². The van der Waals surface area contributed by atoms with Gasteiger partial charge in [-0.2, -0.15) is 0 Å². The highest BCUT2D eigenvalue weighted by Gasteiger charge is 2.16. The lowest BCUT2D eigenvalue weighted by Crippen LogP contribution is -2.35. The Kier molecular flexibility index (Phi) is 6.00. The van der Waals surface area contributed by atoms with Crippen LogP contribution in [0.25, 0.3) is 6.08 Å². The minimum absolute atomic E-state index is 0.242. The molecule has 1 amide bonds. The van der Waals surface area contributed by atoms with E-state index in [4.69, 9.17) is 20.8 Å². The molecule has 1 aromatic heterocycles. The fraction of sp³-hybridized carbons (Fsp3) is 0.176. The van der Waals surface area contributed by atoms with E-state index in [1.807, 2.05) is 0 Å². The highest BCUT2D eigenvalue weighted by atomic mass is 35.5. The second-order valence-electron chi connectivity index (χ2n) is 4.76. The van der Waals surface area contributed by atoms with E-state index in [-0.39, 0.29) is 6.54 Å². The van der Waals surface area contributed by atoms with Crippen LogP contribution in [-0.4, -0.2) is 18.0 Å². The van der Waals surface area contributed by atoms with Gasteiger partial charge >= 0.3 is 5.97 Å². The Hall–Kier alpha value is -2.53. The molecule has 0 bridgehead atoms. The van der Waals surface area contributed by atoms with Crippen molar-refractivity contribution in [2.45, 2.75) is 19.6 Å². The van der Waals surface area contributed by atoms with E-state index in [2.05, 4.69) is 5.32 Å². The third kappa shape index (κ3) is 5.64. The van der Waals surface area contributed by atoms with Gasteiger partial charge in [-0.15, -0.1) is 0 Å². The minimum atomic E-state index is -0.901. The number of halogens is 1. The standard InChI is InChI=1S/C17H16ClNO4/c1-12(17(21)19-11-15-6-3-9-22-15)23-16(20)8-7-13-4-2-5-14(18)10-13/h2-10,12H,11H2,1H3,(H,19,21)/b8-7+/t12-/m1/s1. The lowest BCUT2D eigenvalue weighted by atomic mass is 10.2. The molecule has 0 spiro atoms. The normalized spacial score (nSPS) is 12.1. The molecule has 0 saturated heterocycles. The van der Waals surface area contributed by atoms with Gasteiger partial charge in [0.15, 0.2) is 6.10 Å². The summed E-state index contributed by atoms with van der Waals surface area (Å²) >= 11 is 5.85. The van der Waals surface area contributed by atoms with Crippen LogP contribution in [0, 0.1) is 0 Å². The van der Waals surface area contributed by atoms with Gasteiger partial charge in [-0.3, -0.25) is 4.79 Å². The topological polar surface area (TPSA) is 68.5 Å². The van der Waals surface area contributed by atoms with Crippen LogP contribution in [0.2, 0.25) is 5.02 Å². The minimum Gasteiger partial charge on any atom is -0.467 e. The van der Waals surface area contributed by atoms with Gasteiger partial charge in [-0.1, -0.05) is 23.7 Å². The third-order valence-corrected chi connectivity index (χ3v) is 3.17. The van der Waals surface area contributed by atoms with Gasteiger partial charge < -0.3 is 14.5 Å². The van der Waals surface area contributed by atoms with Crippen molar-refractivity contribution in [3.8, 4) is 0 Å². The Balaban J connectivity index is 1.80. The second-order valence-corrected chi connectivity index (χ2v) is 5.20. The summed E-state index contributed by atoms with van der Waals surface area (Å²) < 4.78 is 10.1. The van der Waals surface area contributed by atoms with Crippen molar-refractivity contribution in [1.82, 2.24) is 5.32 Å². The molecule has 6 heteroatoms. The van der Waals surface area contributed by atoms with Gasteiger partial charge in [0.2, 0.25) is 0 Å². The maximum atomic E-state index is 11.8. The summed E-state index contributed by atoms with van der Waals surface area (Å²) in [6, 6.07) is 10.5. The Labute approximate surface area is 138 Å². The summed E-state index contributed by atoms with van der Waals surface area (Å²) in [5.41, 5.74) is 0.768. The Morgan fingerprint density at radius 1 is 1.35 bits per heavy atom. The molecule has 0 aliphatic carbocycles. The maximum absolute atomic E-state index is 11.8. The number of esters is 1. The molecule has 1 atom stereocenters. The van der Waals surface area contributed by atoms with Crippen molar-refractivity contribution in [3.05, 3.63) is 65.1 Å². The van der Waals surface area contributed by atoms with Crippen LogP contribution in [-0.2, 0) is 20.9 Å². The lowest BCUT2D eigenvalue weighted by Gasteiger charge is -2.11. The maximum Gasteiger partial charge on any atom is 0.331 e. The molecule has 0 aliphatic heterocycles. The summed E-state index contributed by atoms with van der Waals surface area (Å²) in [6.07, 6.45) is 3.44. The van der Waals surface area contributed by atoms with Crippen LogP contribution in [0.4, 0.5) is 0 Å². The lowest BCUT2D eigenvalue weighted by molar-refractivity contribution is -0.150. The summed E-state index contributed by atoms with van der Waals surface area (Å²) in [7, 11) is 0. The zero-order valence-electron chi connectivity index (χ0n) is 12.5. The first-order chi connectivity index (χ1) is 11.0. The molecule has 5 nitrogen and oxygen atoms in total. The molecule has 1 N–H and O–H groups in total. The fourth-order valence-electron chi connectivity index (χ4n) is 1.77. The highest BCUT2D eigenvalue weighted by Crippen LogP contribution is 2.12. The molecule has 2 aromatic rings. The molecular weight excluding hydrogens is 318 g/mol. The molecule has 0 unspecified atom stereocenters. The SMILES string of the molecule is C[C@@H](OC(=O)/C=C/c1cccc(Cl)c1)C(=O)NCc1ccco1. The van der Waals surface area contributed by atoms with Crippen LogP contribution in [0.1, 0.15) is 18.2 Å². The summed E-state index contributed by atoms with van der Waals surface area (Å²) in [5.74, 6) is -0.380. The van der Waals surface area contributed by atoms with Crippen molar-refractivity contribution in [2.75, 3.05) is 0 Å². The van der Waals surface area contributed by atoms with Gasteiger partial charge in [-0.25, -0.2) is 4.79 Å². The van der Waals surface area contributed by atoms with E-state index in [0.29, 0.717) is 10.8 Å². The number of nitrogens with one attached hydrogen (secondary N) is 1. The summed E-state index contributed by atoms with van der Waals surface area (Å²) in [4.78, 5) is 23.5. The second kappa shape index (κ2) is 8.19. The van der Waals surface area contributed by atoms with Gasteiger partial charge in [0, 0.05) is 11.1 Å². The van der Waals surface area contributed by atoms with Crippen LogP contribution < -0.4 is 5.32 Å². The molecule has 0 aliphatic rings. The first-order valence-corrected chi connectivity index (χ1v) is 7.37. The molecule has 23 heavy (non-hydrogen) atoms. The average Bonchev–Trinajstić information content (AvgIpc) is 3.04. The van der Waals surface area contributed by atoms with Gasteiger partial charge in [-0.05, 0) is 42.8 Å². The number of amides is 1. The fourth-order valence-corrected chi connectivity index (χ4v) is 1.97. The van der Waals surface area contributed by atoms with Crippen LogP contribution in [0.3, 0.4) is 0 Å². The zero-order chi connectivity index (χ0) is 16.7. The number of carbonyl (C=O) groups is 2. The third-order valence-electron chi connectivity index (χ3n) is 2.94. The first kappa shape index (κ1) is 16.8. The molecule has 120 valence electrons. The van der Waals surface area contributed by atoms with Crippen molar-refractivity contribution < 1.29 is 18.7 Å². The van der Waals surface area contributed by atoms with Crippen LogP contribution in [0.15, 0.2) is 53.2 Å². The van der Waals surface area contributed by atoms with Gasteiger partial charge in [0.1, 0.15) is 5.76 Å². The Morgan fingerprint density at radius 3 is 2.87 bits per heavy atom. The molecule has 0 radical (unpaired) electrons. The largest absolute Gasteiger partial charge is 0.467 e. The average molecular weight is 334 g/mol. The van der Waals surface area contributed by atoms with Gasteiger partial charge in [0.25, 0.3) is 5.91 Å². The number of rotatable bonds is 6. The smallest absolute Gasteiger partial charge is 0.331 e. The summed E-state index contributed by atoms with van der Waals surface area (Å²) in [5, 5.41) is 3.20. The first-order valence-electron chi connectivity index (χ1n) is 6.99. The number of benzene rings is 1. The Bertz CT molecular complexity index is 694. The molecule has 0 saturated carbocycles. The van der Waals surface area contributed by atoms with E-state index in [1.165, 1.54) is 19.3 Å². The van der Waals surface area contributed by atoms with E-state index in [0.717, 1.165) is 5.56 Å². The van der Waals surface area contributed by atoms with Crippen molar-refractivity contribution in [2.24, 2.45) is 0 Å². The molecule has 0 fully saturated rings. The predicted octanol–water partition coefficient (Wildman–Crippen LogP) is 3.19. The molecule has 1 aromatic carbocycles. The monoisotopic (exact) mass is 333 g/mol. The van der Waals surface area contributed by atoms with E-state index >= 15 is 0 Å². The molecular formula is C17H16ClNO4. The molecule has 1 heterocycles. The zero-order valence-corrected chi connectivity index (χ0v) is 13.2. The van der Waals surface area contributed by atoms with Crippen LogP contribution in [0.5, 0.6) is 0 Å². The number of hydrogen-bond acceptors (Lipinski definition) is 4. The molecule has 2 rings (SSSR count). The predicted molar refractivity (Wildman–Crippen MR) is 86.6 cm³/mol. The van der Waals surface area contributed by atoms with Crippen LogP contribution >= 0.6 is 11.6 Å². The quantitative estimate of drug-likeness (QED) is 0.651. The van der Waals surface area contributed by atoms with Crippen molar-refractivity contribution in [3.63, 3.8) is 0 Å². The Morgan fingerprint density at radius 2 is 2.17 bits per heavy atom. The number of carbonyl (C=O) groups excluding carboxylic acids is 2. The van der Waals surface area contributed by atoms with Gasteiger partial charge in [0.05, 0.1) is 12.8 Å². The van der Waals surface area contributed by atoms with E-state index < -0.39 is 18.0 Å².